The largest absolute Gasteiger partial charge is 0.328 e. The predicted molar refractivity (Wildman–Crippen MR) is 109 cm³/mol. The normalized spacial score (nSPS) is 11.3. The molecule has 2 aromatic heterocycles. The van der Waals surface area contributed by atoms with Crippen molar-refractivity contribution < 1.29 is 4.79 Å². The van der Waals surface area contributed by atoms with Gasteiger partial charge in [0.15, 0.2) is 5.13 Å². The Morgan fingerprint density at radius 3 is 2.56 bits per heavy atom. The monoisotopic (exact) mass is 380 g/mol. The fourth-order valence-corrected chi connectivity index (χ4v) is 4.36. The highest BCUT2D eigenvalue weighted by atomic mass is 32.1. The minimum atomic E-state index is -0.105. The van der Waals surface area contributed by atoms with E-state index in [0.717, 1.165) is 21.3 Å². The Balaban J connectivity index is 1.58. The molecule has 4 aromatic rings. The number of aryl methyl sites for hydroxylation is 2. The number of rotatable bonds is 5. The Hall–Kier alpha value is -2.93. The Kier molecular flexibility index (Phi) is 4.53. The summed E-state index contributed by atoms with van der Waals surface area (Å²) in [5.41, 5.74) is 2.51. The molecule has 2 heterocycles. The smallest absolute Gasteiger partial charge is 0.295 e. The number of imidazole rings is 1. The van der Waals surface area contributed by atoms with Crippen molar-refractivity contribution in [1.29, 1.82) is 0 Å². The first-order valence-electron chi connectivity index (χ1n) is 8.90. The Labute approximate surface area is 160 Å². The number of hydrogen-bond acceptors (Lipinski definition) is 4. The van der Waals surface area contributed by atoms with Gasteiger partial charge in [-0.3, -0.25) is 18.8 Å². The highest BCUT2D eigenvalue weighted by molar-refractivity contribution is 7.22. The zero-order chi connectivity index (χ0) is 19.0. The molecular weight excluding hydrogens is 360 g/mol. The van der Waals surface area contributed by atoms with E-state index in [0.29, 0.717) is 18.2 Å². The van der Waals surface area contributed by atoms with Crippen molar-refractivity contribution in [3.05, 3.63) is 59.0 Å². The number of benzene rings is 2. The fourth-order valence-electron chi connectivity index (χ4n) is 3.32. The van der Waals surface area contributed by atoms with Crippen molar-refractivity contribution in [3.8, 4) is 0 Å². The number of fused-ring (bicyclic) bond motifs is 2. The van der Waals surface area contributed by atoms with E-state index in [2.05, 4.69) is 4.98 Å². The molecule has 0 atom stereocenters. The van der Waals surface area contributed by atoms with Crippen molar-refractivity contribution in [2.75, 3.05) is 11.4 Å². The second-order valence-corrected chi connectivity index (χ2v) is 7.34. The quantitative estimate of drug-likeness (QED) is 0.533. The molecule has 0 unspecified atom stereocenters. The van der Waals surface area contributed by atoms with Crippen LogP contribution in [0.4, 0.5) is 5.13 Å². The number of nitrogens with zero attached hydrogens (tertiary/aromatic N) is 4. The molecule has 138 valence electrons. The molecule has 0 spiro atoms. The molecule has 0 aliphatic heterocycles. The van der Waals surface area contributed by atoms with Gasteiger partial charge >= 0.3 is 5.69 Å². The molecule has 0 N–H and O–H groups in total. The highest BCUT2D eigenvalue weighted by Gasteiger charge is 2.19. The van der Waals surface area contributed by atoms with Crippen LogP contribution in [0, 0.1) is 0 Å². The summed E-state index contributed by atoms with van der Waals surface area (Å²) in [6.07, 6.45) is 0.248. The molecule has 0 radical (unpaired) electrons. The first-order chi connectivity index (χ1) is 13.1. The van der Waals surface area contributed by atoms with Crippen LogP contribution in [0.2, 0.25) is 0 Å². The maximum Gasteiger partial charge on any atom is 0.328 e. The van der Waals surface area contributed by atoms with Gasteiger partial charge in [-0.05, 0) is 31.2 Å². The molecule has 1 amide bonds. The number of thiazole rings is 1. The summed E-state index contributed by atoms with van der Waals surface area (Å²) in [6, 6.07) is 15.5. The molecule has 2 aromatic carbocycles. The molecule has 4 rings (SSSR count). The van der Waals surface area contributed by atoms with E-state index < -0.39 is 0 Å². The van der Waals surface area contributed by atoms with Crippen LogP contribution in [0.3, 0.4) is 0 Å². The summed E-state index contributed by atoms with van der Waals surface area (Å²) < 4.78 is 4.34. The topological polar surface area (TPSA) is 60.1 Å². The van der Waals surface area contributed by atoms with E-state index in [1.807, 2.05) is 55.5 Å². The van der Waals surface area contributed by atoms with E-state index in [1.165, 1.54) is 11.3 Å². The summed E-state index contributed by atoms with van der Waals surface area (Å²) in [5.74, 6) is -0.0311. The first-order valence-corrected chi connectivity index (χ1v) is 9.72. The molecule has 7 heteroatoms. The number of anilines is 1. The lowest BCUT2D eigenvalue weighted by molar-refractivity contribution is -0.118. The summed E-state index contributed by atoms with van der Waals surface area (Å²) in [4.78, 5) is 31.6. The number of aromatic nitrogens is 3. The lowest BCUT2D eigenvalue weighted by Crippen LogP contribution is -2.32. The molecule has 0 aliphatic rings. The lowest BCUT2D eigenvalue weighted by atomic mass is 10.3. The third kappa shape index (κ3) is 3.04. The molecule has 6 nitrogen and oxygen atoms in total. The minimum absolute atomic E-state index is 0.0311. The van der Waals surface area contributed by atoms with Crippen LogP contribution >= 0.6 is 11.3 Å². The summed E-state index contributed by atoms with van der Waals surface area (Å²) in [5, 5.41) is 0.703. The van der Waals surface area contributed by atoms with Crippen LogP contribution in [0.15, 0.2) is 53.3 Å². The average molecular weight is 380 g/mol. The summed E-state index contributed by atoms with van der Waals surface area (Å²) in [7, 11) is 1.75. The second-order valence-electron chi connectivity index (χ2n) is 6.33. The molecule has 0 saturated carbocycles. The molecule has 0 fully saturated rings. The lowest BCUT2D eigenvalue weighted by Gasteiger charge is -2.17. The van der Waals surface area contributed by atoms with E-state index in [1.54, 1.807) is 21.1 Å². The zero-order valence-corrected chi connectivity index (χ0v) is 16.1. The SMILES string of the molecule is CCN(C(=O)CCn1c(=O)n(C)c2ccccc21)c1nc2ccccc2s1. The van der Waals surface area contributed by atoms with Crippen molar-refractivity contribution in [3.63, 3.8) is 0 Å². The van der Waals surface area contributed by atoms with Gasteiger partial charge in [0.2, 0.25) is 5.91 Å². The maximum absolute atomic E-state index is 12.8. The molecule has 27 heavy (non-hydrogen) atoms. The summed E-state index contributed by atoms with van der Waals surface area (Å²) >= 11 is 1.51. The number of amides is 1. The average Bonchev–Trinajstić information content (AvgIpc) is 3.21. The van der Waals surface area contributed by atoms with Gasteiger partial charge in [0, 0.05) is 26.6 Å². The standard InChI is InChI=1S/C20H20N4O2S/c1-3-23(19-21-14-8-4-7-11-17(14)27-19)18(25)12-13-24-16-10-6-5-9-15(16)22(2)20(24)26/h4-11H,3,12-13H2,1-2H3. The Morgan fingerprint density at radius 1 is 1.11 bits per heavy atom. The first kappa shape index (κ1) is 17.5. The Bertz CT molecular complexity index is 1150. The van der Waals surface area contributed by atoms with Gasteiger partial charge in [0.25, 0.3) is 0 Å². The van der Waals surface area contributed by atoms with Gasteiger partial charge in [-0.1, -0.05) is 35.6 Å². The minimum Gasteiger partial charge on any atom is -0.295 e. The molecule has 0 saturated heterocycles. The fraction of sp³-hybridized carbons (Fsp3) is 0.250. The van der Waals surface area contributed by atoms with Crippen LogP contribution in [-0.4, -0.2) is 26.6 Å². The van der Waals surface area contributed by atoms with Crippen LogP contribution in [0.5, 0.6) is 0 Å². The van der Waals surface area contributed by atoms with Crippen LogP contribution in [0.1, 0.15) is 13.3 Å². The van der Waals surface area contributed by atoms with Crippen LogP contribution in [-0.2, 0) is 18.4 Å². The Morgan fingerprint density at radius 2 is 1.81 bits per heavy atom. The van der Waals surface area contributed by atoms with Crippen molar-refractivity contribution in [2.24, 2.45) is 7.05 Å². The number of para-hydroxylation sites is 3. The zero-order valence-electron chi connectivity index (χ0n) is 15.3. The van der Waals surface area contributed by atoms with Gasteiger partial charge in [-0.2, -0.15) is 0 Å². The van der Waals surface area contributed by atoms with Crippen molar-refractivity contribution in [2.45, 2.75) is 19.9 Å². The number of carbonyl (C=O) groups is 1. The van der Waals surface area contributed by atoms with Gasteiger partial charge < -0.3 is 0 Å². The third-order valence-electron chi connectivity index (χ3n) is 4.73. The van der Waals surface area contributed by atoms with E-state index >= 15 is 0 Å². The highest BCUT2D eigenvalue weighted by Crippen LogP contribution is 2.28. The summed E-state index contributed by atoms with van der Waals surface area (Å²) in [6.45, 7) is 2.83. The number of carbonyl (C=O) groups excluding carboxylic acids is 1. The van der Waals surface area contributed by atoms with E-state index in [4.69, 9.17) is 0 Å². The van der Waals surface area contributed by atoms with Crippen molar-refractivity contribution in [1.82, 2.24) is 14.1 Å². The third-order valence-corrected chi connectivity index (χ3v) is 5.79. The van der Waals surface area contributed by atoms with Gasteiger partial charge in [-0.15, -0.1) is 0 Å². The van der Waals surface area contributed by atoms with Gasteiger partial charge in [-0.25, -0.2) is 9.78 Å². The predicted octanol–water partition coefficient (Wildman–Crippen LogP) is 3.39. The van der Waals surface area contributed by atoms with E-state index in [9.17, 15) is 9.59 Å². The molecule has 0 aliphatic carbocycles. The molecule has 0 bridgehead atoms. The van der Waals surface area contributed by atoms with Gasteiger partial charge in [0.05, 0.1) is 21.3 Å². The second kappa shape index (κ2) is 7.00. The van der Waals surface area contributed by atoms with Crippen LogP contribution < -0.4 is 10.6 Å². The molecular formula is C20H20N4O2S. The maximum atomic E-state index is 12.8. The van der Waals surface area contributed by atoms with Crippen molar-refractivity contribution >= 4 is 43.6 Å². The number of hydrogen-bond donors (Lipinski definition) is 0. The van der Waals surface area contributed by atoms with Crippen LogP contribution in [0.25, 0.3) is 21.3 Å². The van der Waals surface area contributed by atoms with Gasteiger partial charge in [0.1, 0.15) is 0 Å². The van der Waals surface area contributed by atoms with E-state index in [-0.39, 0.29) is 18.0 Å².